The first-order valence-corrected chi connectivity index (χ1v) is 17.9. The Labute approximate surface area is 304 Å². The van der Waals surface area contributed by atoms with E-state index in [2.05, 4.69) is 86.7 Å². The Balaban J connectivity index is 1.78. The molecule has 4 aromatic carbocycles. The van der Waals surface area contributed by atoms with Crippen molar-refractivity contribution in [1.29, 1.82) is 10.5 Å². The lowest BCUT2D eigenvalue weighted by atomic mass is 9.86. The molecular formula is C45H41N5S. The summed E-state index contributed by atoms with van der Waals surface area (Å²) in [6.07, 6.45) is 0.546. The number of H-pyrrole nitrogens is 2. The van der Waals surface area contributed by atoms with E-state index in [-0.39, 0.29) is 5.41 Å². The van der Waals surface area contributed by atoms with Crippen molar-refractivity contribution in [2.75, 3.05) is 0 Å². The Morgan fingerprint density at radius 3 is 1.78 bits per heavy atom. The molecule has 0 unspecified atom stereocenters. The summed E-state index contributed by atoms with van der Waals surface area (Å²) in [6.45, 7) is 17.1. The average Bonchev–Trinajstić information content (AvgIpc) is 3.70. The number of thioether (sulfide) groups is 1. The molecule has 252 valence electrons. The molecule has 0 aliphatic heterocycles. The van der Waals surface area contributed by atoms with Gasteiger partial charge in [0, 0.05) is 20.6 Å². The third kappa shape index (κ3) is 6.97. The van der Waals surface area contributed by atoms with Crippen LogP contribution in [0.1, 0.15) is 50.8 Å². The molecule has 0 saturated heterocycles. The van der Waals surface area contributed by atoms with E-state index in [9.17, 15) is 10.5 Å². The fraction of sp³-hybridized carbons (Fsp3) is 0.178. The quantitative estimate of drug-likeness (QED) is 0.124. The van der Waals surface area contributed by atoms with Crippen LogP contribution in [-0.4, -0.2) is 15.7 Å². The van der Waals surface area contributed by atoms with Gasteiger partial charge in [0.25, 0.3) is 0 Å². The normalized spacial score (nSPS) is 13.1. The van der Waals surface area contributed by atoms with Crippen LogP contribution in [0.2, 0.25) is 0 Å². The zero-order chi connectivity index (χ0) is 36.3. The van der Waals surface area contributed by atoms with Gasteiger partial charge < -0.3 is 9.97 Å². The van der Waals surface area contributed by atoms with Gasteiger partial charge in [-0.25, -0.2) is 0 Å². The van der Waals surface area contributed by atoms with Crippen molar-refractivity contribution in [3.8, 4) is 34.7 Å². The molecular weight excluding hydrogens is 643 g/mol. The monoisotopic (exact) mass is 683 g/mol. The summed E-state index contributed by atoms with van der Waals surface area (Å²) in [6, 6.07) is 39.7. The van der Waals surface area contributed by atoms with Gasteiger partial charge in [0.1, 0.15) is 12.1 Å². The van der Waals surface area contributed by atoms with E-state index in [0.29, 0.717) is 38.9 Å². The number of rotatable bonds is 8. The highest BCUT2D eigenvalue weighted by Crippen LogP contribution is 2.36. The number of benzene rings is 4. The van der Waals surface area contributed by atoms with E-state index in [4.69, 9.17) is 4.99 Å². The largest absolute Gasteiger partial charge is 0.353 e. The SMILES string of the molecule is C=C(Sc1ccccc1C)/C(C#N)=c1\[nH]c(-c2ccc(C(C)(C)C)cc2)c2/c(=C(\C#N)C(CC)=Nc3ccccc3C)[nH]c(-c3ccccc3)c12. The number of aromatic amines is 2. The highest BCUT2D eigenvalue weighted by Gasteiger charge is 2.24. The lowest BCUT2D eigenvalue weighted by molar-refractivity contribution is 0.590. The second-order valence-corrected chi connectivity index (χ2v) is 14.8. The van der Waals surface area contributed by atoms with Gasteiger partial charge in [-0.3, -0.25) is 4.99 Å². The van der Waals surface area contributed by atoms with E-state index in [1.54, 1.807) is 0 Å². The molecule has 0 spiro atoms. The van der Waals surface area contributed by atoms with Crippen LogP contribution in [0.15, 0.2) is 125 Å². The number of aliphatic imine (C=N–C) groups is 1. The molecule has 2 heterocycles. The van der Waals surface area contributed by atoms with Crippen LogP contribution in [-0.2, 0) is 5.41 Å². The van der Waals surface area contributed by atoms with Crippen molar-refractivity contribution < 1.29 is 0 Å². The maximum atomic E-state index is 10.9. The predicted octanol–water partition coefficient (Wildman–Crippen LogP) is 10.6. The smallest absolute Gasteiger partial charge is 0.103 e. The van der Waals surface area contributed by atoms with E-state index >= 15 is 0 Å². The summed E-state index contributed by atoms with van der Waals surface area (Å²) in [5, 5.41) is 24.7. The molecule has 0 saturated carbocycles. The number of hydrogen-bond acceptors (Lipinski definition) is 4. The summed E-state index contributed by atoms with van der Waals surface area (Å²) in [5.41, 5.74) is 9.23. The second-order valence-electron chi connectivity index (χ2n) is 13.7. The molecule has 2 N–H and O–H groups in total. The molecule has 0 aliphatic carbocycles. The van der Waals surface area contributed by atoms with Gasteiger partial charge in [0.05, 0.1) is 44.6 Å². The zero-order valence-electron chi connectivity index (χ0n) is 30.0. The molecule has 51 heavy (non-hydrogen) atoms. The van der Waals surface area contributed by atoms with Crippen LogP contribution in [0.3, 0.4) is 0 Å². The number of nitrogens with one attached hydrogen (secondary N) is 2. The van der Waals surface area contributed by atoms with E-state index < -0.39 is 0 Å². The first-order chi connectivity index (χ1) is 24.5. The Morgan fingerprint density at radius 2 is 1.24 bits per heavy atom. The predicted molar refractivity (Wildman–Crippen MR) is 214 cm³/mol. The summed E-state index contributed by atoms with van der Waals surface area (Å²) >= 11 is 1.49. The van der Waals surface area contributed by atoms with Gasteiger partial charge >= 0.3 is 0 Å². The Bertz CT molecular complexity index is 2510. The summed E-state index contributed by atoms with van der Waals surface area (Å²) < 4.78 is 0. The second kappa shape index (κ2) is 14.6. The zero-order valence-corrected chi connectivity index (χ0v) is 30.8. The average molecular weight is 684 g/mol. The number of nitrogens with zero attached hydrogens (tertiary/aromatic N) is 3. The van der Waals surface area contributed by atoms with E-state index in [0.717, 1.165) is 55.0 Å². The van der Waals surface area contributed by atoms with Gasteiger partial charge in [-0.1, -0.05) is 137 Å². The van der Waals surface area contributed by atoms with Crippen LogP contribution < -0.4 is 10.7 Å². The van der Waals surface area contributed by atoms with E-state index in [1.807, 2.05) is 86.6 Å². The number of allylic oxidation sites excluding steroid dienone is 1. The Morgan fingerprint density at radius 1 is 0.706 bits per heavy atom. The highest BCUT2D eigenvalue weighted by atomic mass is 32.2. The molecule has 2 aromatic heterocycles. The van der Waals surface area contributed by atoms with Crippen LogP contribution in [0.4, 0.5) is 5.69 Å². The summed E-state index contributed by atoms with van der Waals surface area (Å²) in [5.74, 6) is 0. The van der Waals surface area contributed by atoms with Crippen molar-refractivity contribution in [3.05, 3.63) is 142 Å². The van der Waals surface area contributed by atoms with Crippen LogP contribution in [0.5, 0.6) is 0 Å². The molecule has 0 aliphatic rings. The number of hydrogen-bond donors (Lipinski definition) is 2. The van der Waals surface area contributed by atoms with Crippen LogP contribution >= 0.6 is 11.8 Å². The van der Waals surface area contributed by atoms with Gasteiger partial charge in [0.15, 0.2) is 0 Å². The molecule has 0 radical (unpaired) electrons. The Hall–Kier alpha value is -5.82. The minimum absolute atomic E-state index is 0.0232. The molecule has 0 bridgehead atoms. The number of fused-ring (bicyclic) bond motifs is 1. The highest BCUT2D eigenvalue weighted by molar-refractivity contribution is 8.03. The topological polar surface area (TPSA) is 91.5 Å². The van der Waals surface area contributed by atoms with Gasteiger partial charge in [-0.15, -0.1) is 0 Å². The molecule has 0 atom stereocenters. The van der Waals surface area contributed by atoms with Crippen molar-refractivity contribution >= 4 is 45.1 Å². The minimum Gasteiger partial charge on any atom is -0.353 e. The third-order valence-electron chi connectivity index (χ3n) is 9.18. The maximum absolute atomic E-state index is 10.9. The number of aromatic nitrogens is 2. The fourth-order valence-corrected chi connectivity index (χ4v) is 7.21. The number of para-hydroxylation sites is 1. The van der Waals surface area contributed by atoms with Crippen LogP contribution in [0, 0.1) is 36.5 Å². The van der Waals surface area contributed by atoms with Crippen LogP contribution in [0.25, 0.3) is 44.4 Å². The van der Waals surface area contributed by atoms with Crippen molar-refractivity contribution in [2.45, 2.75) is 58.3 Å². The van der Waals surface area contributed by atoms with Gasteiger partial charge in [0.2, 0.25) is 0 Å². The minimum atomic E-state index is -0.0232. The third-order valence-corrected chi connectivity index (χ3v) is 10.3. The lowest BCUT2D eigenvalue weighted by Crippen LogP contribution is -2.15. The van der Waals surface area contributed by atoms with Crippen molar-refractivity contribution in [2.24, 2.45) is 4.99 Å². The number of aryl methyl sites for hydroxylation is 2. The lowest BCUT2D eigenvalue weighted by Gasteiger charge is -2.19. The summed E-state index contributed by atoms with van der Waals surface area (Å²) in [4.78, 5) is 14.1. The molecule has 0 fully saturated rings. The van der Waals surface area contributed by atoms with Gasteiger partial charge in [-0.2, -0.15) is 10.5 Å². The molecule has 0 amide bonds. The summed E-state index contributed by atoms with van der Waals surface area (Å²) in [7, 11) is 0. The standard InChI is InChI=1S/C45H41N5S/c1-8-36(48-37-20-14-12-16-28(37)2)35(27-47)44-40-39(41(50-44)31-18-10-9-11-19-31)43(34(26-46)30(4)51-38-21-15-13-17-29(38)3)49-42(40)32-22-24-33(25-23-32)45(5,6)7/h9-25,49-50H,4,8H2,1-3,5-7H3/b43-34-,44-35-,48-36?. The van der Waals surface area contributed by atoms with Crippen molar-refractivity contribution in [3.63, 3.8) is 0 Å². The van der Waals surface area contributed by atoms with Crippen molar-refractivity contribution in [1.82, 2.24) is 9.97 Å². The fourth-order valence-electron chi connectivity index (χ4n) is 6.32. The molecule has 6 heteroatoms. The molecule has 5 nitrogen and oxygen atoms in total. The van der Waals surface area contributed by atoms with E-state index in [1.165, 1.54) is 17.3 Å². The Kier molecular flexibility index (Phi) is 10.0. The molecule has 6 aromatic rings. The maximum Gasteiger partial charge on any atom is 0.103 e. The van der Waals surface area contributed by atoms with Gasteiger partial charge in [-0.05, 0) is 65.6 Å². The first-order valence-electron chi connectivity index (χ1n) is 17.1. The number of nitriles is 2. The molecule has 6 rings (SSSR count). The first kappa shape index (κ1) is 35.0.